The van der Waals surface area contributed by atoms with Gasteiger partial charge in [-0.25, -0.2) is 8.78 Å². The highest BCUT2D eigenvalue weighted by Crippen LogP contribution is 2.29. The molecule has 0 fully saturated rings. The summed E-state index contributed by atoms with van der Waals surface area (Å²) in [6.07, 6.45) is 1.84. The van der Waals surface area contributed by atoms with Crippen molar-refractivity contribution in [2.45, 2.75) is 11.4 Å². The second-order valence-electron chi connectivity index (χ2n) is 5.52. The molecule has 0 aliphatic heterocycles. The van der Waals surface area contributed by atoms with Gasteiger partial charge in [-0.15, -0.1) is 0 Å². The van der Waals surface area contributed by atoms with Crippen molar-refractivity contribution in [3.05, 3.63) is 65.9 Å². The van der Waals surface area contributed by atoms with Gasteiger partial charge in [-0.1, -0.05) is 36.0 Å². The van der Waals surface area contributed by atoms with Gasteiger partial charge < -0.3 is 15.6 Å². The molecule has 1 amide bonds. The van der Waals surface area contributed by atoms with Crippen LogP contribution in [-0.2, 0) is 6.54 Å². The summed E-state index contributed by atoms with van der Waals surface area (Å²) in [5, 5.41) is 10.9. The number of nitrogens with two attached hydrogens (primary N) is 1. The fourth-order valence-electron chi connectivity index (χ4n) is 2.69. The van der Waals surface area contributed by atoms with Gasteiger partial charge in [0.2, 0.25) is 0 Å². The lowest BCUT2D eigenvalue weighted by molar-refractivity contribution is 0.0944. The number of thioether (sulfide) groups is 1. The number of nitrogens with zero attached hydrogens (tertiary/aromatic N) is 1. The monoisotopic (exact) mass is 374 g/mol. The van der Waals surface area contributed by atoms with Gasteiger partial charge >= 0.3 is 0 Å². The van der Waals surface area contributed by atoms with Crippen molar-refractivity contribution in [2.75, 3.05) is 6.54 Å². The number of fused-ring (bicyclic) bond motifs is 1. The van der Waals surface area contributed by atoms with Crippen LogP contribution in [0.3, 0.4) is 0 Å². The zero-order valence-electron chi connectivity index (χ0n) is 13.6. The van der Waals surface area contributed by atoms with Crippen molar-refractivity contribution in [3.63, 3.8) is 0 Å². The summed E-state index contributed by atoms with van der Waals surface area (Å²) in [7, 11) is 0. The second kappa shape index (κ2) is 7.57. The molecule has 0 bridgehead atoms. The van der Waals surface area contributed by atoms with E-state index >= 15 is 0 Å². The number of carbonyl (C=O) groups excluding carboxylic acids is 1. The van der Waals surface area contributed by atoms with E-state index in [0.717, 1.165) is 39.7 Å². The Labute approximate surface area is 152 Å². The lowest BCUT2D eigenvalue weighted by Gasteiger charge is -2.09. The van der Waals surface area contributed by atoms with Crippen molar-refractivity contribution in [3.8, 4) is 0 Å². The quantitative estimate of drug-likeness (QED) is 0.364. The smallest absolute Gasteiger partial charge is 0.257 e. The molecule has 0 saturated carbocycles. The largest absolute Gasteiger partial charge is 0.378 e. The lowest BCUT2D eigenvalue weighted by atomic mass is 10.2. The molecular weight excluding hydrogens is 358 g/mol. The van der Waals surface area contributed by atoms with E-state index in [1.165, 1.54) is 6.07 Å². The second-order valence-corrected chi connectivity index (χ2v) is 6.61. The maximum Gasteiger partial charge on any atom is 0.257 e. The van der Waals surface area contributed by atoms with Crippen molar-refractivity contribution in [1.82, 2.24) is 9.88 Å². The molecular formula is C18H16F2N4OS. The van der Waals surface area contributed by atoms with E-state index in [0.29, 0.717) is 6.54 Å². The van der Waals surface area contributed by atoms with Crippen LogP contribution < -0.4 is 11.1 Å². The normalized spacial score (nSPS) is 10.8. The highest BCUT2D eigenvalue weighted by molar-refractivity contribution is 8.13. The third-order valence-electron chi connectivity index (χ3n) is 3.80. The Morgan fingerprint density at radius 3 is 2.54 bits per heavy atom. The number of nitrogens with one attached hydrogen (secondary N) is 2. The van der Waals surface area contributed by atoms with Gasteiger partial charge in [0.15, 0.2) is 5.17 Å². The minimum atomic E-state index is -0.894. The minimum Gasteiger partial charge on any atom is -0.378 e. The fourth-order valence-corrected chi connectivity index (χ4v) is 3.39. The highest BCUT2D eigenvalue weighted by atomic mass is 32.2. The zero-order chi connectivity index (χ0) is 18.7. The first-order valence-corrected chi connectivity index (χ1v) is 8.61. The molecule has 0 aliphatic carbocycles. The number of benzene rings is 2. The molecule has 8 heteroatoms. The molecule has 0 spiro atoms. The fraction of sp³-hybridized carbons (Fsp3) is 0.111. The van der Waals surface area contributed by atoms with Gasteiger partial charge in [0.1, 0.15) is 17.2 Å². The Bertz CT molecular complexity index is 966. The first-order valence-electron chi connectivity index (χ1n) is 7.79. The molecule has 4 N–H and O–H groups in total. The molecule has 0 radical (unpaired) electrons. The molecule has 0 saturated heterocycles. The number of carbonyl (C=O) groups is 1. The number of hydrogen-bond donors (Lipinski definition) is 3. The summed E-state index contributed by atoms with van der Waals surface area (Å²) in [4.78, 5) is 12.9. The van der Waals surface area contributed by atoms with Crippen molar-refractivity contribution in [1.29, 1.82) is 5.41 Å². The number of amidine groups is 1. The number of para-hydroxylation sites is 1. The van der Waals surface area contributed by atoms with Crippen LogP contribution in [0, 0.1) is 17.0 Å². The third-order valence-corrected chi connectivity index (χ3v) is 4.57. The van der Waals surface area contributed by atoms with Crippen LogP contribution in [0.15, 0.2) is 53.6 Å². The first kappa shape index (κ1) is 17.9. The molecule has 3 aromatic rings. The van der Waals surface area contributed by atoms with E-state index in [-0.39, 0.29) is 11.7 Å². The van der Waals surface area contributed by atoms with Crippen molar-refractivity contribution >= 4 is 33.7 Å². The van der Waals surface area contributed by atoms with Crippen LogP contribution in [-0.4, -0.2) is 22.2 Å². The van der Waals surface area contributed by atoms with Gasteiger partial charge in [0.25, 0.3) is 5.91 Å². The summed E-state index contributed by atoms with van der Waals surface area (Å²) in [6.45, 7) is 0.594. The Kier molecular flexibility index (Phi) is 5.22. The molecule has 5 nitrogen and oxygen atoms in total. The molecule has 1 aromatic heterocycles. The Balaban J connectivity index is 1.74. The van der Waals surface area contributed by atoms with Crippen LogP contribution in [0.2, 0.25) is 0 Å². The third kappa shape index (κ3) is 3.70. The van der Waals surface area contributed by atoms with Crippen LogP contribution in [0.4, 0.5) is 8.78 Å². The number of halogens is 2. The molecule has 134 valence electrons. The average Bonchev–Trinajstić information content (AvgIpc) is 2.92. The summed E-state index contributed by atoms with van der Waals surface area (Å²) < 4.78 is 29.2. The summed E-state index contributed by atoms with van der Waals surface area (Å²) in [5.74, 6) is -2.58. The van der Waals surface area contributed by atoms with Crippen molar-refractivity contribution in [2.24, 2.45) is 5.73 Å². The summed E-state index contributed by atoms with van der Waals surface area (Å²) >= 11 is 1.14. The first-order chi connectivity index (χ1) is 12.5. The van der Waals surface area contributed by atoms with Gasteiger partial charge in [0.05, 0.1) is 0 Å². The minimum absolute atomic E-state index is 0.0174. The SMILES string of the molecule is N=C(N)Sc1cn(CCNC(=O)c2c(F)cccc2F)c2ccccc12. The molecule has 26 heavy (non-hydrogen) atoms. The molecule has 2 aromatic carbocycles. The van der Waals surface area contributed by atoms with Crippen molar-refractivity contribution < 1.29 is 13.6 Å². The van der Waals surface area contributed by atoms with E-state index in [4.69, 9.17) is 11.1 Å². The molecule has 0 aliphatic rings. The predicted octanol–water partition coefficient (Wildman–Crippen LogP) is 3.34. The van der Waals surface area contributed by atoms with E-state index in [2.05, 4.69) is 5.32 Å². The van der Waals surface area contributed by atoms with E-state index in [1.807, 2.05) is 35.0 Å². The van der Waals surface area contributed by atoms with Crippen LogP contribution in [0.1, 0.15) is 10.4 Å². The predicted molar refractivity (Wildman–Crippen MR) is 98.4 cm³/mol. The Morgan fingerprint density at radius 2 is 1.85 bits per heavy atom. The maximum atomic E-state index is 13.6. The number of aromatic nitrogens is 1. The maximum absolute atomic E-state index is 13.6. The zero-order valence-corrected chi connectivity index (χ0v) is 14.4. The molecule has 0 atom stereocenters. The number of amides is 1. The van der Waals surface area contributed by atoms with Gasteiger partial charge in [0, 0.05) is 35.1 Å². The standard InChI is InChI=1S/C18H16F2N4OS/c19-12-5-3-6-13(20)16(12)17(25)23-8-9-24-10-15(26-18(21)22)11-4-1-2-7-14(11)24/h1-7,10H,8-9H2,(H3,21,22)(H,23,25). The molecule has 3 rings (SSSR count). The van der Waals surface area contributed by atoms with Crippen LogP contribution in [0.25, 0.3) is 10.9 Å². The van der Waals surface area contributed by atoms with Crippen LogP contribution in [0.5, 0.6) is 0 Å². The Hall–Kier alpha value is -2.87. The summed E-state index contributed by atoms with van der Waals surface area (Å²) in [6, 6.07) is 10.9. The van der Waals surface area contributed by atoms with Gasteiger partial charge in [-0.3, -0.25) is 10.2 Å². The topological polar surface area (TPSA) is 83.9 Å². The number of hydrogen-bond acceptors (Lipinski definition) is 3. The molecule has 0 unspecified atom stereocenters. The van der Waals surface area contributed by atoms with Gasteiger partial charge in [-0.2, -0.15) is 0 Å². The van der Waals surface area contributed by atoms with E-state index in [1.54, 1.807) is 0 Å². The van der Waals surface area contributed by atoms with Crippen LogP contribution >= 0.6 is 11.8 Å². The summed E-state index contributed by atoms with van der Waals surface area (Å²) in [5.41, 5.74) is 5.80. The van der Waals surface area contributed by atoms with Gasteiger partial charge in [-0.05, 0) is 18.2 Å². The average molecular weight is 374 g/mol. The number of rotatable bonds is 5. The Morgan fingerprint density at radius 1 is 1.15 bits per heavy atom. The highest BCUT2D eigenvalue weighted by Gasteiger charge is 2.16. The molecule has 1 heterocycles. The van der Waals surface area contributed by atoms with E-state index in [9.17, 15) is 13.6 Å². The lowest BCUT2D eigenvalue weighted by Crippen LogP contribution is -2.28. The van der Waals surface area contributed by atoms with E-state index < -0.39 is 23.1 Å².